The highest BCUT2D eigenvalue weighted by Gasteiger charge is 2.15. The molecule has 4 heteroatoms. The van der Waals surface area contributed by atoms with Crippen LogP contribution in [0, 0.1) is 13.5 Å². The van der Waals surface area contributed by atoms with Gasteiger partial charge in [0.25, 0.3) is 5.70 Å². The molecule has 0 bridgehead atoms. The number of esters is 1. The highest BCUT2D eigenvalue weighted by molar-refractivity contribution is 9.15. The van der Waals surface area contributed by atoms with Gasteiger partial charge in [-0.25, -0.2) is 4.85 Å². The monoisotopic (exact) mass is 279 g/mol. The third-order valence-electron chi connectivity index (χ3n) is 2.00. The lowest BCUT2D eigenvalue weighted by Gasteiger charge is -2.03. The quantitative estimate of drug-likeness (QED) is 0.473. The first kappa shape index (κ1) is 12.5. The lowest BCUT2D eigenvalue weighted by Crippen LogP contribution is -2.02. The van der Waals surface area contributed by atoms with Gasteiger partial charge in [-0.2, -0.15) is 0 Å². The zero-order chi connectivity index (χ0) is 12.1. The van der Waals surface area contributed by atoms with Crippen LogP contribution in [0.3, 0.4) is 0 Å². The van der Waals surface area contributed by atoms with E-state index in [0.29, 0.717) is 4.48 Å². The highest BCUT2D eigenvalue weighted by Crippen LogP contribution is 2.26. The first-order chi connectivity index (χ1) is 7.60. The number of halogens is 1. The number of methoxy groups -OCH3 is 1. The molecule has 82 valence electrons. The van der Waals surface area contributed by atoms with Crippen molar-refractivity contribution in [1.29, 1.82) is 0 Å². The number of aryl methyl sites for hydroxylation is 1. The van der Waals surface area contributed by atoms with Gasteiger partial charge in [0.2, 0.25) is 0 Å². The van der Waals surface area contributed by atoms with Crippen LogP contribution < -0.4 is 0 Å². The predicted molar refractivity (Wildman–Crippen MR) is 65.6 cm³/mol. The summed E-state index contributed by atoms with van der Waals surface area (Å²) in [6.45, 7) is 8.92. The van der Waals surface area contributed by atoms with Crippen molar-refractivity contribution in [2.45, 2.75) is 6.92 Å². The first-order valence-corrected chi connectivity index (χ1v) is 5.32. The molecule has 0 aliphatic carbocycles. The number of hydrogen-bond donors (Lipinski definition) is 0. The number of nitrogens with zero attached hydrogens (tertiary/aromatic N) is 1. The van der Waals surface area contributed by atoms with Crippen LogP contribution in [0.4, 0.5) is 0 Å². The second kappa shape index (κ2) is 5.47. The molecule has 0 saturated heterocycles. The molecule has 0 spiro atoms. The summed E-state index contributed by atoms with van der Waals surface area (Å²) in [6.07, 6.45) is 0. The Morgan fingerprint density at radius 1 is 1.38 bits per heavy atom. The first-order valence-electron chi connectivity index (χ1n) is 4.52. The fraction of sp³-hybridized carbons (Fsp3) is 0.167. The van der Waals surface area contributed by atoms with Crippen molar-refractivity contribution in [1.82, 2.24) is 0 Å². The predicted octanol–water partition coefficient (Wildman–Crippen LogP) is 3.15. The molecule has 0 heterocycles. The number of carbonyl (C=O) groups excluding carboxylic acids is 1. The number of carbonyl (C=O) groups is 1. The van der Waals surface area contributed by atoms with E-state index in [-0.39, 0.29) is 5.70 Å². The minimum atomic E-state index is -0.637. The number of benzene rings is 1. The molecule has 0 radical (unpaired) electrons. The Balaban J connectivity index is 3.21. The summed E-state index contributed by atoms with van der Waals surface area (Å²) in [7, 11) is 1.25. The van der Waals surface area contributed by atoms with Gasteiger partial charge in [-0.05, 0) is 12.5 Å². The van der Waals surface area contributed by atoms with Crippen molar-refractivity contribution < 1.29 is 9.53 Å². The second-order valence-electron chi connectivity index (χ2n) is 3.13. The van der Waals surface area contributed by atoms with Gasteiger partial charge in [-0.3, -0.25) is 4.79 Å². The Hall–Kier alpha value is -1.60. The fourth-order valence-electron chi connectivity index (χ4n) is 1.12. The maximum atomic E-state index is 11.3. The Labute approximate surface area is 103 Å². The summed E-state index contributed by atoms with van der Waals surface area (Å²) in [6, 6.07) is 7.51. The van der Waals surface area contributed by atoms with E-state index < -0.39 is 5.97 Å². The van der Waals surface area contributed by atoms with Crippen molar-refractivity contribution in [2.24, 2.45) is 0 Å². The van der Waals surface area contributed by atoms with Gasteiger partial charge in [0.05, 0.1) is 13.7 Å². The summed E-state index contributed by atoms with van der Waals surface area (Å²) >= 11 is 3.24. The van der Waals surface area contributed by atoms with Crippen LogP contribution in [-0.2, 0) is 9.53 Å². The van der Waals surface area contributed by atoms with Crippen molar-refractivity contribution in [2.75, 3.05) is 7.11 Å². The summed E-state index contributed by atoms with van der Waals surface area (Å²) in [5.74, 6) is -0.637. The summed E-state index contributed by atoms with van der Waals surface area (Å²) < 4.78 is 4.98. The van der Waals surface area contributed by atoms with E-state index >= 15 is 0 Å². The molecule has 1 rings (SSSR count). The molecule has 0 aromatic heterocycles. The molecule has 0 amide bonds. The van der Waals surface area contributed by atoms with Crippen molar-refractivity contribution in [3.05, 3.63) is 52.5 Å². The molecular weight excluding hydrogens is 270 g/mol. The number of rotatable bonds is 2. The highest BCUT2D eigenvalue weighted by atomic mass is 79.9. The van der Waals surface area contributed by atoms with Gasteiger partial charge in [0.1, 0.15) is 0 Å². The molecule has 0 N–H and O–H groups in total. The maximum absolute atomic E-state index is 11.3. The molecule has 0 saturated carbocycles. The largest absolute Gasteiger partial charge is 0.474 e. The van der Waals surface area contributed by atoms with Crippen LogP contribution >= 0.6 is 15.9 Å². The zero-order valence-corrected chi connectivity index (χ0v) is 10.5. The Morgan fingerprint density at radius 3 is 2.38 bits per heavy atom. The summed E-state index contributed by atoms with van der Waals surface area (Å²) in [5, 5.41) is 0. The molecule has 0 aliphatic heterocycles. The van der Waals surface area contributed by atoms with Crippen LogP contribution in [-0.4, -0.2) is 13.1 Å². The Bertz CT molecular complexity index is 469. The van der Waals surface area contributed by atoms with E-state index in [2.05, 4.69) is 25.5 Å². The van der Waals surface area contributed by atoms with Crippen molar-refractivity contribution in [3.63, 3.8) is 0 Å². The van der Waals surface area contributed by atoms with E-state index in [1.807, 2.05) is 31.2 Å². The zero-order valence-electron chi connectivity index (χ0n) is 8.95. The summed E-state index contributed by atoms with van der Waals surface area (Å²) in [4.78, 5) is 14.5. The molecule has 0 aliphatic rings. The smallest absolute Gasteiger partial charge is 0.337 e. The summed E-state index contributed by atoms with van der Waals surface area (Å²) in [5.41, 5.74) is 1.85. The van der Waals surface area contributed by atoms with Gasteiger partial charge in [0, 0.05) is 4.48 Å². The van der Waals surface area contributed by atoms with Gasteiger partial charge in [0.15, 0.2) is 0 Å². The van der Waals surface area contributed by atoms with Gasteiger partial charge < -0.3 is 4.74 Å². The standard InChI is InChI=1S/C12H10BrNO2/c1-8-4-6-9(7-5-8)10(13)11(14-2)12(15)16-3/h4-7H,1,3H3/b11-10-. The molecule has 3 nitrogen and oxygen atoms in total. The topological polar surface area (TPSA) is 30.7 Å². The van der Waals surface area contributed by atoms with E-state index in [0.717, 1.165) is 11.1 Å². The number of hydrogen-bond acceptors (Lipinski definition) is 2. The Kier molecular flexibility index (Phi) is 4.27. The molecule has 1 aromatic carbocycles. The van der Waals surface area contributed by atoms with E-state index in [9.17, 15) is 4.79 Å². The lowest BCUT2D eigenvalue weighted by atomic mass is 10.1. The van der Waals surface area contributed by atoms with Crippen LogP contribution in [0.1, 0.15) is 11.1 Å². The maximum Gasteiger partial charge on any atom is 0.337 e. The average molecular weight is 280 g/mol. The molecule has 16 heavy (non-hydrogen) atoms. The van der Waals surface area contributed by atoms with Crippen LogP contribution in [0.15, 0.2) is 30.0 Å². The van der Waals surface area contributed by atoms with Crippen LogP contribution in [0.5, 0.6) is 0 Å². The van der Waals surface area contributed by atoms with Gasteiger partial charge in [-0.1, -0.05) is 45.8 Å². The Morgan fingerprint density at radius 2 is 1.94 bits per heavy atom. The van der Waals surface area contributed by atoms with Crippen molar-refractivity contribution in [3.8, 4) is 0 Å². The SMILES string of the molecule is [C-]#[N+]/C(C(=O)OC)=C(\Br)c1ccc(C)cc1. The van der Waals surface area contributed by atoms with Gasteiger partial charge in [-0.15, -0.1) is 0 Å². The number of ether oxygens (including phenoxy) is 1. The molecule has 0 fully saturated rings. The third-order valence-corrected chi connectivity index (χ3v) is 2.84. The second-order valence-corrected chi connectivity index (χ2v) is 3.92. The van der Waals surface area contributed by atoms with E-state index in [1.54, 1.807) is 0 Å². The molecule has 1 aromatic rings. The lowest BCUT2D eigenvalue weighted by molar-refractivity contribution is -0.135. The average Bonchev–Trinajstić information content (AvgIpc) is 2.30. The third kappa shape index (κ3) is 2.71. The minimum absolute atomic E-state index is 0.0497. The molecule has 0 atom stereocenters. The van der Waals surface area contributed by atoms with E-state index in [1.165, 1.54) is 7.11 Å². The van der Waals surface area contributed by atoms with Gasteiger partial charge >= 0.3 is 5.97 Å². The molecule has 0 unspecified atom stereocenters. The molecular formula is C12H10BrNO2. The normalized spacial score (nSPS) is 11.4. The van der Waals surface area contributed by atoms with Crippen LogP contribution in [0.2, 0.25) is 0 Å². The fourth-order valence-corrected chi connectivity index (χ4v) is 1.63. The van der Waals surface area contributed by atoms with Crippen LogP contribution in [0.25, 0.3) is 9.33 Å². The van der Waals surface area contributed by atoms with Crippen molar-refractivity contribution >= 4 is 26.4 Å². The van der Waals surface area contributed by atoms with E-state index in [4.69, 9.17) is 6.57 Å². The minimum Gasteiger partial charge on any atom is -0.474 e.